The van der Waals surface area contributed by atoms with Crippen molar-refractivity contribution in [3.63, 3.8) is 0 Å². The molecule has 120 valence electrons. The zero-order chi connectivity index (χ0) is 16.7. The van der Waals surface area contributed by atoms with Gasteiger partial charge >= 0.3 is 12.0 Å². The van der Waals surface area contributed by atoms with Gasteiger partial charge in [-0.25, -0.2) is 9.59 Å². The lowest BCUT2D eigenvalue weighted by Gasteiger charge is -2.18. The van der Waals surface area contributed by atoms with Crippen molar-refractivity contribution in [1.29, 1.82) is 0 Å². The van der Waals surface area contributed by atoms with Gasteiger partial charge in [-0.3, -0.25) is 4.79 Å². The summed E-state index contributed by atoms with van der Waals surface area (Å²) < 4.78 is 0. The molecule has 0 heterocycles. The minimum absolute atomic E-state index is 0.248. The maximum absolute atomic E-state index is 11.7. The number of carbonyl (C=O) groups excluding carboxylic acids is 2. The number of carboxylic acid groups (broad SMARTS) is 1. The molecular formula is C15H21N3O4. The van der Waals surface area contributed by atoms with Crippen LogP contribution in [0.15, 0.2) is 24.3 Å². The summed E-state index contributed by atoms with van der Waals surface area (Å²) in [7, 11) is 0. The Morgan fingerprint density at radius 3 is 2.45 bits per heavy atom. The number of aryl methyl sites for hydroxylation is 1. The summed E-state index contributed by atoms with van der Waals surface area (Å²) >= 11 is 0. The molecule has 1 aromatic rings. The second-order valence-corrected chi connectivity index (χ2v) is 5.30. The fraction of sp³-hybridized carbons (Fsp3) is 0.400. The summed E-state index contributed by atoms with van der Waals surface area (Å²) in [5.41, 5.74) is 1.61. The van der Waals surface area contributed by atoms with Gasteiger partial charge in [-0.15, -0.1) is 0 Å². The SMILES string of the molecule is Cc1cccc(NC(=O)NCC(=O)N[C@H](C(=O)O)C(C)C)c1. The number of carbonyl (C=O) groups is 3. The zero-order valence-electron chi connectivity index (χ0n) is 12.8. The smallest absolute Gasteiger partial charge is 0.326 e. The van der Waals surface area contributed by atoms with E-state index in [1.165, 1.54) is 0 Å². The van der Waals surface area contributed by atoms with Crippen molar-refractivity contribution in [2.75, 3.05) is 11.9 Å². The fourth-order valence-corrected chi connectivity index (χ4v) is 1.80. The molecule has 0 unspecified atom stereocenters. The highest BCUT2D eigenvalue weighted by Crippen LogP contribution is 2.08. The van der Waals surface area contributed by atoms with Crippen LogP contribution >= 0.6 is 0 Å². The first kappa shape index (κ1) is 17.5. The molecule has 3 amide bonds. The first-order valence-corrected chi connectivity index (χ1v) is 6.93. The van der Waals surface area contributed by atoms with Gasteiger partial charge in [0.05, 0.1) is 6.54 Å². The van der Waals surface area contributed by atoms with Gasteiger partial charge in [0.25, 0.3) is 0 Å². The Bertz CT molecular complexity index is 557. The van der Waals surface area contributed by atoms with Gasteiger partial charge < -0.3 is 21.1 Å². The Kier molecular flexibility index (Phi) is 6.37. The lowest BCUT2D eigenvalue weighted by molar-refractivity contribution is -0.142. The van der Waals surface area contributed by atoms with Gasteiger partial charge in [-0.1, -0.05) is 26.0 Å². The van der Waals surface area contributed by atoms with Gasteiger partial charge in [0.1, 0.15) is 6.04 Å². The van der Waals surface area contributed by atoms with Crippen LogP contribution < -0.4 is 16.0 Å². The van der Waals surface area contributed by atoms with E-state index in [1.807, 2.05) is 13.0 Å². The maximum Gasteiger partial charge on any atom is 0.326 e. The van der Waals surface area contributed by atoms with E-state index in [4.69, 9.17) is 5.11 Å². The van der Waals surface area contributed by atoms with Crippen LogP contribution in [0.5, 0.6) is 0 Å². The standard InChI is InChI=1S/C15H21N3O4/c1-9(2)13(14(20)21)18-12(19)8-16-15(22)17-11-6-4-5-10(3)7-11/h4-7,9,13H,8H2,1-3H3,(H,18,19)(H,20,21)(H2,16,17,22)/t13-/m0/s1. The Hall–Kier alpha value is -2.57. The minimum Gasteiger partial charge on any atom is -0.480 e. The predicted octanol–water partition coefficient (Wildman–Crippen LogP) is 1.34. The topological polar surface area (TPSA) is 108 Å². The van der Waals surface area contributed by atoms with Crippen molar-refractivity contribution in [2.45, 2.75) is 26.8 Å². The monoisotopic (exact) mass is 307 g/mol. The number of rotatable bonds is 6. The number of anilines is 1. The molecule has 1 rings (SSSR count). The number of carboxylic acids is 1. The van der Waals surface area contributed by atoms with Crippen molar-refractivity contribution in [2.24, 2.45) is 5.92 Å². The summed E-state index contributed by atoms with van der Waals surface area (Å²) in [6.45, 7) is 4.98. The van der Waals surface area contributed by atoms with Crippen molar-refractivity contribution >= 4 is 23.6 Å². The van der Waals surface area contributed by atoms with Crippen molar-refractivity contribution in [3.8, 4) is 0 Å². The summed E-state index contributed by atoms with van der Waals surface area (Å²) in [5.74, 6) is -1.91. The lowest BCUT2D eigenvalue weighted by Crippen LogP contribution is -2.48. The number of aliphatic carboxylic acids is 1. The number of nitrogens with one attached hydrogen (secondary N) is 3. The summed E-state index contributed by atoms with van der Waals surface area (Å²) in [4.78, 5) is 34.3. The third kappa shape index (κ3) is 5.82. The van der Waals surface area contributed by atoms with E-state index in [-0.39, 0.29) is 12.5 Å². The molecule has 0 fully saturated rings. The van der Waals surface area contributed by atoms with Crippen molar-refractivity contribution in [3.05, 3.63) is 29.8 Å². The molecule has 0 aliphatic heterocycles. The number of benzene rings is 1. The molecule has 0 spiro atoms. The highest BCUT2D eigenvalue weighted by atomic mass is 16.4. The highest BCUT2D eigenvalue weighted by molar-refractivity contribution is 5.93. The second kappa shape index (κ2) is 8.02. The molecule has 0 aromatic heterocycles. The number of amides is 3. The highest BCUT2D eigenvalue weighted by Gasteiger charge is 2.23. The maximum atomic E-state index is 11.7. The van der Waals surface area contributed by atoms with Crippen LogP contribution in [0.1, 0.15) is 19.4 Å². The van der Waals surface area contributed by atoms with Crippen LogP contribution in [0.25, 0.3) is 0 Å². The van der Waals surface area contributed by atoms with E-state index >= 15 is 0 Å². The van der Waals surface area contributed by atoms with Crippen molar-refractivity contribution < 1.29 is 19.5 Å². The van der Waals surface area contributed by atoms with E-state index in [9.17, 15) is 14.4 Å². The van der Waals surface area contributed by atoms with Gasteiger partial charge in [0.2, 0.25) is 5.91 Å². The molecule has 4 N–H and O–H groups in total. The van der Waals surface area contributed by atoms with Gasteiger partial charge in [-0.2, -0.15) is 0 Å². The van der Waals surface area contributed by atoms with E-state index in [1.54, 1.807) is 32.0 Å². The molecule has 0 radical (unpaired) electrons. The third-order valence-corrected chi connectivity index (χ3v) is 2.93. The van der Waals surface area contributed by atoms with Crippen LogP contribution in [0.4, 0.5) is 10.5 Å². The third-order valence-electron chi connectivity index (χ3n) is 2.93. The van der Waals surface area contributed by atoms with Gasteiger partial charge in [0, 0.05) is 5.69 Å². The molecule has 7 heteroatoms. The minimum atomic E-state index is -1.10. The summed E-state index contributed by atoms with van der Waals surface area (Å²) in [6.07, 6.45) is 0. The van der Waals surface area contributed by atoms with Crippen LogP contribution in [0.2, 0.25) is 0 Å². The van der Waals surface area contributed by atoms with Crippen LogP contribution in [0, 0.1) is 12.8 Å². The van der Waals surface area contributed by atoms with Crippen LogP contribution in [-0.4, -0.2) is 35.6 Å². The average molecular weight is 307 g/mol. The predicted molar refractivity (Wildman–Crippen MR) is 82.6 cm³/mol. The fourth-order valence-electron chi connectivity index (χ4n) is 1.80. The molecule has 1 atom stereocenters. The Balaban J connectivity index is 2.43. The Labute approximate surface area is 129 Å². The van der Waals surface area contributed by atoms with E-state index < -0.39 is 23.9 Å². The molecule has 22 heavy (non-hydrogen) atoms. The van der Waals surface area contributed by atoms with E-state index in [2.05, 4.69) is 16.0 Å². The number of hydrogen-bond acceptors (Lipinski definition) is 3. The molecule has 0 aliphatic carbocycles. The van der Waals surface area contributed by atoms with Gasteiger partial charge in [0.15, 0.2) is 0 Å². The number of urea groups is 1. The number of hydrogen-bond donors (Lipinski definition) is 4. The first-order valence-electron chi connectivity index (χ1n) is 6.93. The molecule has 7 nitrogen and oxygen atoms in total. The Morgan fingerprint density at radius 2 is 1.91 bits per heavy atom. The summed E-state index contributed by atoms with van der Waals surface area (Å²) in [6, 6.07) is 5.71. The molecule has 0 saturated carbocycles. The van der Waals surface area contributed by atoms with Crippen LogP contribution in [0.3, 0.4) is 0 Å². The molecular weight excluding hydrogens is 286 g/mol. The molecule has 0 saturated heterocycles. The second-order valence-electron chi connectivity index (χ2n) is 5.30. The first-order chi connectivity index (χ1) is 10.3. The lowest BCUT2D eigenvalue weighted by atomic mass is 10.1. The average Bonchev–Trinajstić information content (AvgIpc) is 2.42. The van der Waals surface area contributed by atoms with Gasteiger partial charge in [-0.05, 0) is 30.5 Å². The quantitative estimate of drug-likeness (QED) is 0.636. The van der Waals surface area contributed by atoms with Crippen molar-refractivity contribution in [1.82, 2.24) is 10.6 Å². The van der Waals surface area contributed by atoms with Crippen LogP contribution in [-0.2, 0) is 9.59 Å². The summed E-state index contributed by atoms with van der Waals surface area (Å²) in [5, 5.41) is 16.3. The van der Waals surface area contributed by atoms with E-state index in [0.717, 1.165) is 5.56 Å². The normalized spacial score (nSPS) is 11.6. The Morgan fingerprint density at radius 1 is 1.23 bits per heavy atom. The molecule has 0 aliphatic rings. The molecule has 0 bridgehead atoms. The zero-order valence-corrected chi connectivity index (χ0v) is 12.8. The van der Waals surface area contributed by atoms with E-state index in [0.29, 0.717) is 5.69 Å². The largest absolute Gasteiger partial charge is 0.480 e. The molecule has 1 aromatic carbocycles.